The van der Waals surface area contributed by atoms with E-state index in [1.807, 2.05) is 6.92 Å². The fourth-order valence-electron chi connectivity index (χ4n) is 3.06. The van der Waals surface area contributed by atoms with Gasteiger partial charge in [0.15, 0.2) is 0 Å². The Morgan fingerprint density at radius 3 is 2.50 bits per heavy atom. The Hall–Kier alpha value is -1.41. The minimum absolute atomic E-state index is 0.00316. The van der Waals surface area contributed by atoms with Gasteiger partial charge in [-0.3, -0.25) is 19.8 Å². The third-order valence-electron chi connectivity index (χ3n) is 4.61. The SMILES string of the molecule is CC(C#N)(CCCCN1C(=O)C2CC2C1=O)NC1CC1. The molecule has 2 aliphatic carbocycles. The van der Waals surface area contributed by atoms with Crippen LogP contribution in [0.5, 0.6) is 0 Å². The Morgan fingerprint density at radius 1 is 1.30 bits per heavy atom. The molecule has 0 spiro atoms. The van der Waals surface area contributed by atoms with Crippen LogP contribution in [-0.4, -0.2) is 34.8 Å². The lowest BCUT2D eigenvalue weighted by molar-refractivity contribution is -0.141. The number of nitrogens with one attached hydrogen (secondary N) is 1. The molecule has 5 nitrogen and oxygen atoms in total. The first-order valence-electron chi connectivity index (χ1n) is 7.58. The van der Waals surface area contributed by atoms with Crippen LogP contribution in [0.3, 0.4) is 0 Å². The Kier molecular flexibility index (Phi) is 3.29. The first-order valence-corrected chi connectivity index (χ1v) is 7.58. The van der Waals surface area contributed by atoms with Crippen molar-refractivity contribution in [2.75, 3.05) is 6.54 Å². The molecule has 20 heavy (non-hydrogen) atoms. The number of likely N-dealkylation sites (tertiary alicyclic amines) is 1. The highest BCUT2D eigenvalue weighted by Crippen LogP contribution is 2.46. The average molecular weight is 275 g/mol. The number of nitriles is 1. The standard InChI is InChI=1S/C15H21N3O2/c1-15(9-16,17-10-4-5-10)6-2-3-7-18-13(19)11-8-12(11)14(18)20/h10-12,17H,2-8H2,1H3. The van der Waals surface area contributed by atoms with Crippen LogP contribution in [0.15, 0.2) is 0 Å². The summed E-state index contributed by atoms with van der Waals surface area (Å²) < 4.78 is 0. The smallest absolute Gasteiger partial charge is 0.233 e. The van der Waals surface area contributed by atoms with Gasteiger partial charge in [0.05, 0.1) is 17.9 Å². The molecule has 108 valence electrons. The molecular weight excluding hydrogens is 254 g/mol. The summed E-state index contributed by atoms with van der Waals surface area (Å²) in [5, 5.41) is 12.6. The number of carbonyl (C=O) groups is 2. The van der Waals surface area contributed by atoms with Crippen LogP contribution in [0.25, 0.3) is 0 Å². The van der Waals surface area contributed by atoms with Gasteiger partial charge in [0.25, 0.3) is 0 Å². The number of unbranched alkanes of at least 4 members (excludes halogenated alkanes) is 1. The van der Waals surface area contributed by atoms with Crippen LogP contribution in [0.4, 0.5) is 0 Å². The third-order valence-corrected chi connectivity index (χ3v) is 4.61. The second kappa shape index (κ2) is 4.85. The summed E-state index contributed by atoms with van der Waals surface area (Å²) in [6, 6.07) is 2.86. The van der Waals surface area contributed by atoms with Crippen molar-refractivity contribution in [1.29, 1.82) is 5.26 Å². The molecule has 0 aromatic heterocycles. The van der Waals surface area contributed by atoms with Gasteiger partial charge in [0.1, 0.15) is 5.54 Å². The number of rotatable bonds is 7. The Labute approximate surface area is 119 Å². The first kappa shape index (κ1) is 13.6. The van der Waals surface area contributed by atoms with Gasteiger partial charge in [-0.15, -0.1) is 0 Å². The number of hydrogen-bond donors (Lipinski definition) is 1. The van der Waals surface area contributed by atoms with Crippen molar-refractivity contribution < 1.29 is 9.59 Å². The summed E-state index contributed by atoms with van der Waals surface area (Å²) in [5.74, 6) is 0.0603. The molecule has 3 atom stereocenters. The predicted octanol–water partition coefficient (Wildman–Crippen LogP) is 1.20. The lowest BCUT2D eigenvalue weighted by atomic mass is 9.96. The van der Waals surface area contributed by atoms with Gasteiger partial charge in [0.2, 0.25) is 11.8 Å². The van der Waals surface area contributed by atoms with E-state index in [1.54, 1.807) is 0 Å². The van der Waals surface area contributed by atoms with E-state index in [1.165, 1.54) is 4.90 Å². The monoisotopic (exact) mass is 275 g/mol. The zero-order valence-corrected chi connectivity index (χ0v) is 11.9. The summed E-state index contributed by atoms with van der Waals surface area (Å²) in [5.41, 5.74) is -0.470. The van der Waals surface area contributed by atoms with Gasteiger partial charge in [-0.1, -0.05) is 0 Å². The maximum absolute atomic E-state index is 11.8. The van der Waals surface area contributed by atoms with Crippen molar-refractivity contribution in [1.82, 2.24) is 10.2 Å². The Balaban J connectivity index is 1.40. The van der Waals surface area contributed by atoms with E-state index in [9.17, 15) is 14.9 Å². The van der Waals surface area contributed by atoms with Crippen molar-refractivity contribution in [2.45, 2.75) is 57.0 Å². The molecule has 5 heteroatoms. The quantitative estimate of drug-likeness (QED) is 0.559. The van der Waals surface area contributed by atoms with Crippen molar-refractivity contribution in [3.63, 3.8) is 0 Å². The number of nitrogens with zero attached hydrogens (tertiary/aromatic N) is 2. The number of hydrogen-bond acceptors (Lipinski definition) is 4. The number of fused-ring (bicyclic) bond motifs is 1. The molecule has 0 radical (unpaired) electrons. The molecule has 0 aromatic carbocycles. The van der Waals surface area contributed by atoms with Crippen LogP contribution >= 0.6 is 0 Å². The summed E-state index contributed by atoms with van der Waals surface area (Å²) in [6.45, 7) is 2.46. The number of amides is 2. The number of carbonyl (C=O) groups excluding carboxylic acids is 2. The molecule has 2 saturated carbocycles. The highest BCUT2D eigenvalue weighted by Gasteiger charge is 2.58. The normalized spacial score (nSPS) is 30.9. The third kappa shape index (κ3) is 2.57. The summed E-state index contributed by atoms with van der Waals surface area (Å²) in [6.07, 6.45) is 5.51. The van der Waals surface area contributed by atoms with Crippen LogP contribution < -0.4 is 5.32 Å². The van der Waals surface area contributed by atoms with Crippen molar-refractivity contribution in [2.24, 2.45) is 11.8 Å². The van der Waals surface area contributed by atoms with E-state index in [0.717, 1.165) is 38.5 Å². The van der Waals surface area contributed by atoms with Gasteiger partial charge in [-0.05, 0) is 45.4 Å². The lowest BCUT2D eigenvalue weighted by Crippen LogP contribution is -2.42. The molecule has 3 unspecified atom stereocenters. The van der Waals surface area contributed by atoms with Crippen LogP contribution in [0.2, 0.25) is 0 Å². The maximum atomic E-state index is 11.8. The topological polar surface area (TPSA) is 73.2 Å². The molecule has 3 aliphatic rings. The molecular formula is C15H21N3O2. The summed E-state index contributed by atoms with van der Waals surface area (Å²) in [4.78, 5) is 25.0. The molecule has 3 fully saturated rings. The molecule has 0 bridgehead atoms. The largest absolute Gasteiger partial charge is 0.297 e. The minimum Gasteiger partial charge on any atom is -0.297 e. The zero-order valence-electron chi connectivity index (χ0n) is 11.9. The Morgan fingerprint density at radius 2 is 1.95 bits per heavy atom. The molecule has 0 aromatic rings. The molecule has 1 N–H and O–H groups in total. The predicted molar refractivity (Wildman–Crippen MR) is 72.3 cm³/mol. The van der Waals surface area contributed by atoms with Crippen molar-refractivity contribution in [3.8, 4) is 6.07 Å². The summed E-state index contributed by atoms with van der Waals surface area (Å²) >= 11 is 0. The van der Waals surface area contributed by atoms with Crippen LogP contribution in [0, 0.1) is 23.2 Å². The van der Waals surface area contributed by atoms with E-state index in [4.69, 9.17) is 0 Å². The van der Waals surface area contributed by atoms with Gasteiger partial charge in [-0.2, -0.15) is 5.26 Å². The zero-order chi connectivity index (χ0) is 14.3. The highest BCUT2D eigenvalue weighted by atomic mass is 16.2. The van der Waals surface area contributed by atoms with E-state index < -0.39 is 5.54 Å². The molecule has 1 aliphatic heterocycles. The lowest BCUT2D eigenvalue weighted by Gasteiger charge is -2.23. The second-order valence-electron chi connectivity index (χ2n) is 6.60. The van der Waals surface area contributed by atoms with Crippen LogP contribution in [-0.2, 0) is 9.59 Å². The van der Waals surface area contributed by atoms with E-state index >= 15 is 0 Å². The second-order valence-corrected chi connectivity index (χ2v) is 6.60. The molecule has 3 rings (SSSR count). The first-order chi connectivity index (χ1) is 9.54. The van der Waals surface area contributed by atoms with Gasteiger partial charge in [0, 0.05) is 12.6 Å². The highest BCUT2D eigenvalue weighted by molar-refractivity contribution is 6.08. The van der Waals surface area contributed by atoms with Gasteiger partial charge in [-0.25, -0.2) is 0 Å². The van der Waals surface area contributed by atoms with Gasteiger partial charge < -0.3 is 0 Å². The van der Waals surface area contributed by atoms with Crippen molar-refractivity contribution >= 4 is 11.8 Å². The van der Waals surface area contributed by atoms with Crippen LogP contribution in [0.1, 0.15) is 45.4 Å². The maximum Gasteiger partial charge on any atom is 0.233 e. The average Bonchev–Trinajstić information content (AvgIpc) is 3.30. The number of imide groups is 1. The molecule has 1 heterocycles. The fourth-order valence-corrected chi connectivity index (χ4v) is 3.06. The van der Waals surface area contributed by atoms with E-state index in [2.05, 4.69) is 11.4 Å². The molecule has 1 saturated heterocycles. The fraction of sp³-hybridized carbons (Fsp3) is 0.800. The summed E-state index contributed by atoms with van der Waals surface area (Å²) in [7, 11) is 0. The van der Waals surface area contributed by atoms with E-state index in [0.29, 0.717) is 12.6 Å². The minimum atomic E-state index is -0.470. The van der Waals surface area contributed by atoms with Gasteiger partial charge >= 0.3 is 0 Å². The number of piperidine rings is 1. The van der Waals surface area contributed by atoms with E-state index in [-0.39, 0.29) is 23.7 Å². The van der Waals surface area contributed by atoms with Crippen molar-refractivity contribution in [3.05, 3.63) is 0 Å². The molecule has 2 amide bonds. The Bertz CT molecular complexity index is 460.